The van der Waals surface area contributed by atoms with Gasteiger partial charge in [0.2, 0.25) is 5.91 Å². The maximum atomic E-state index is 12.2. The van der Waals surface area contributed by atoms with Crippen LogP contribution in [0.4, 0.5) is 5.69 Å². The molecule has 0 atom stereocenters. The van der Waals surface area contributed by atoms with Crippen LogP contribution in [-0.4, -0.2) is 17.0 Å². The summed E-state index contributed by atoms with van der Waals surface area (Å²) in [5, 5.41) is 2.84. The number of oxazole rings is 1. The van der Waals surface area contributed by atoms with Gasteiger partial charge in [0.1, 0.15) is 11.3 Å². The van der Waals surface area contributed by atoms with Crippen LogP contribution in [0, 0.1) is 0 Å². The van der Waals surface area contributed by atoms with Gasteiger partial charge in [-0.25, -0.2) is 4.98 Å². The lowest BCUT2D eigenvalue weighted by Gasteiger charge is -2.09. The molecule has 2 aromatic carbocycles. The Bertz CT molecular complexity index is 971. The van der Waals surface area contributed by atoms with Gasteiger partial charge in [-0.1, -0.05) is 26.0 Å². The fourth-order valence-corrected chi connectivity index (χ4v) is 2.59. The summed E-state index contributed by atoms with van der Waals surface area (Å²) < 4.78 is 11.4. The van der Waals surface area contributed by atoms with Crippen LogP contribution in [0.5, 0.6) is 5.75 Å². The minimum atomic E-state index is -0.215. The Morgan fingerprint density at radius 3 is 2.70 bits per heavy atom. The Labute approximate surface area is 159 Å². The van der Waals surface area contributed by atoms with Crippen molar-refractivity contribution in [3.8, 4) is 5.75 Å². The number of nitrogens with one attached hydrogen (secondary N) is 1. The highest BCUT2D eigenvalue weighted by Crippen LogP contribution is 2.24. The maximum Gasteiger partial charge on any atom is 0.248 e. The van der Waals surface area contributed by atoms with Crippen molar-refractivity contribution in [2.24, 2.45) is 0 Å². The van der Waals surface area contributed by atoms with Gasteiger partial charge in [-0.05, 0) is 49.8 Å². The van der Waals surface area contributed by atoms with Crippen molar-refractivity contribution in [2.75, 3.05) is 5.32 Å². The molecule has 0 aliphatic heterocycles. The van der Waals surface area contributed by atoms with Crippen LogP contribution in [0.2, 0.25) is 0 Å². The van der Waals surface area contributed by atoms with Crippen LogP contribution >= 0.6 is 0 Å². The number of fused-ring (bicyclic) bond motifs is 1. The van der Waals surface area contributed by atoms with Gasteiger partial charge in [0.15, 0.2) is 11.5 Å². The Morgan fingerprint density at radius 1 is 1.15 bits per heavy atom. The third-order valence-corrected chi connectivity index (χ3v) is 3.82. The molecular formula is C22H24N2O3. The predicted octanol–water partition coefficient (Wildman–Crippen LogP) is 5.39. The summed E-state index contributed by atoms with van der Waals surface area (Å²) in [6, 6.07) is 13.1. The molecule has 5 heteroatoms. The van der Waals surface area contributed by atoms with E-state index in [4.69, 9.17) is 9.15 Å². The first-order valence-corrected chi connectivity index (χ1v) is 9.07. The second-order valence-corrected chi connectivity index (χ2v) is 6.95. The third kappa shape index (κ3) is 4.97. The molecule has 0 saturated carbocycles. The molecule has 0 aliphatic carbocycles. The van der Waals surface area contributed by atoms with Crippen molar-refractivity contribution < 1.29 is 13.9 Å². The zero-order chi connectivity index (χ0) is 19.4. The second kappa shape index (κ2) is 8.08. The Kier molecular flexibility index (Phi) is 5.60. The fraction of sp³-hybridized carbons (Fsp3) is 0.273. The number of hydrogen-bond acceptors (Lipinski definition) is 4. The quantitative estimate of drug-likeness (QED) is 0.596. The van der Waals surface area contributed by atoms with E-state index in [-0.39, 0.29) is 17.9 Å². The topological polar surface area (TPSA) is 64.4 Å². The minimum Gasteiger partial charge on any atom is -0.491 e. The van der Waals surface area contributed by atoms with Crippen molar-refractivity contribution in [3.05, 3.63) is 60.0 Å². The minimum absolute atomic E-state index is 0.106. The Balaban J connectivity index is 1.68. The van der Waals surface area contributed by atoms with Gasteiger partial charge in [-0.3, -0.25) is 4.79 Å². The molecule has 0 saturated heterocycles. The molecule has 1 heterocycles. The normalized spacial score (nSPS) is 11.6. The zero-order valence-electron chi connectivity index (χ0n) is 16.0. The number of ether oxygens (including phenoxy) is 1. The summed E-state index contributed by atoms with van der Waals surface area (Å²) in [5.74, 6) is 1.48. The number of anilines is 1. The van der Waals surface area contributed by atoms with Gasteiger partial charge in [0, 0.05) is 23.7 Å². The Morgan fingerprint density at radius 2 is 1.96 bits per heavy atom. The molecule has 1 aromatic heterocycles. The molecule has 0 radical (unpaired) electrons. The first kappa shape index (κ1) is 18.7. The van der Waals surface area contributed by atoms with E-state index in [9.17, 15) is 4.79 Å². The van der Waals surface area contributed by atoms with E-state index in [0.717, 1.165) is 16.8 Å². The van der Waals surface area contributed by atoms with Crippen molar-refractivity contribution >= 4 is 28.8 Å². The summed E-state index contributed by atoms with van der Waals surface area (Å²) >= 11 is 0. The van der Waals surface area contributed by atoms with E-state index in [1.807, 2.05) is 64.1 Å². The van der Waals surface area contributed by atoms with E-state index < -0.39 is 0 Å². The highest BCUT2D eigenvalue weighted by Gasteiger charge is 2.10. The number of aromatic nitrogens is 1. The van der Waals surface area contributed by atoms with Crippen LogP contribution in [0.25, 0.3) is 17.2 Å². The smallest absolute Gasteiger partial charge is 0.248 e. The summed E-state index contributed by atoms with van der Waals surface area (Å²) in [5.41, 5.74) is 3.02. The highest BCUT2D eigenvalue weighted by atomic mass is 16.5. The maximum absolute atomic E-state index is 12.2. The first-order chi connectivity index (χ1) is 12.9. The van der Waals surface area contributed by atoms with Crippen molar-refractivity contribution in [2.45, 2.75) is 39.7 Å². The van der Waals surface area contributed by atoms with Gasteiger partial charge in [-0.2, -0.15) is 0 Å². The first-order valence-electron chi connectivity index (χ1n) is 9.07. The lowest BCUT2D eigenvalue weighted by Crippen LogP contribution is -2.07. The average Bonchev–Trinajstić information content (AvgIpc) is 3.03. The molecule has 27 heavy (non-hydrogen) atoms. The largest absolute Gasteiger partial charge is 0.491 e. The highest BCUT2D eigenvalue weighted by molar-refractivity contribution is 6.02. The SMILES string of the molecule is CC(C)Oc1cccc(/C=C/C(=O)Nc2ccc3nc(C(C)C)oc3c2)c1. The molecule has 3 rings (SSSR count). The number of nitrogens with zero attached hydrogens (tertiary/aromatic N) is 1. The number of carbonyl (C=O) groups is 1. The second-order valence-electron chi connectivity index (χ2n) is 6.95. The summed E-state index contributed by atoms with van der Waals surface area (Å²) in [4.78, 5) is 16.7. The fourth-order valence-electron chi connectivity index (χ4n) is 2.59. The molecule has 0 bridgehead atoms. The van der Waals surface area contributed by atoms with E-state index in [1.165, 1.54) is 6.08 Å². The number of rotatable bonds is 6. The molecule has 3 aromatic rings. The summed E-state index contributed by atoms with van der Waals surface area (Å²) in [6.45, 7) is 8.01. The standard InChI is InChI=1S/C22H24N2O3/c1-14(2)22-24-19-10-9-17(13-20(19)27-22)23-21(25)11-8-16-6-5-7-18(12-16)26-15(3)4/h5-15H,1-4H3,(H,23,25)/b11-8+. The number of amides is 1. The molecule has 0 unspecified atom stereocenters. The average molecular weight is 364 g/mol. The van der Waals surface area contributed by atoms with E-state index >= 15 is 0 Å². The number of hydrogen-bond donors (Lipinski definition) is 1. The van der Waals surface area contributed by atoms with Crippen molar-refractivity contribution in [1.29, 1.82) is 0 Å². The van der Waals surface area contributed by atoms with Crippen LogP contribution in [-0.2, 0) is 4.79 Å². The van der Waals surface area contributed by atoms with Crippen molar-refractivity contribution in [3.63, 3.8) is 0 Å². The van der Waals surface area contributed by atoms with Crippen LogP contribution in [0.1, 0.15) is 45.1 Å². The summed E-state index contributed by atoms with van der Waals surface area (Å²) in [6.07, 6.45) is 3.36. The number of carbonyl (C=O) groups excluding carboxylic acids is 1. The Hall–Kier alpha value is -3.08. The van der Waals surface area contributed by atoms with E-state index in [2.05, 4.69) is 10.3 Å². The lowest BCUT2D eigenvalue weighted by molar-refractivity contribution is -0.111. The molecule has 0 spiro atoms. The van der Waals surface area contributed by atoms with Gasteiger partial charge in [0.05, 0.1) is 6.10 Å². The van der Waals surface area contributed by atoms with Gasteiger partial charge in [0.25, 0.3) is 0 Å². The van der Waals surface area contributed by atoms with Crippen LogP contribution in [0.3, 0.4) is 0 Å². The van der Waals surface area contributed by atoms with Gasteiger partial charge < -0.3 is 14.5 Å². The van der Waals surface area contributed by atoms with Crippen LogP contribution in [0.15, 0.2) is 53.0 Å². The third-order valence-electron chi connectivity index (χ3n) is 3.82. The van der Waals surface area contributed by atoms with E-state index in [0.29, 0.717) is 17.2 Å². The molecule has 0 aliphatic rings. The molecule has 0 fully saturated rings. The monoisotopic (exact) mass is 364 g/mol. The van der Waals surface area contributed by atoms with E-state index in [1.54, 1.807) is 12.1 Å². The van der Waals surface area contributed by atoms with Crippen LogP contribution < -0.4 is 10.1 Å². The van der Waals surface area contributed by atoms with Gasteiger partial charge in [-0.15, -0.1) is 0 Å². The molecule has 140 valence electrons. The van der Waals surface area contributed by atoms with Gasteiger partial charge >= 0.3 is 0 Å². The lowest BCUT2D eigenvalue weighted by atomic mass is 10.2. The zero-order valence-corrected chi connectivity index (χ0v) is 16.0. The summed E-state index contributed by atoms with van der Waals surface area (Å²) in [7, 11) is 0. The van der Waals surface area contributed by atoms with Crippen molar-refractivity contribution in [1.82, 2.24) is 4.98 Å². The molecule has 5 nitrogen and oxygen atoms in total. The molecule has 1 N–H and O–H groups in total. The number of benzene rings is 2. The molecular weight excluding hydrogens is 340 g/mol. The predicted molar refractivity (Wildman–Crippen MR) is 108 cm³/mol. The molecule has 1 amide bonds.